The molecule has 3 N–H and O–H groups in total. The van der Waals surface area contributed by atoms with Crippen molar-refractivity contribution < 1.29 is 97.4 Å². The lowest BCUT2D eigenvalue weighted by atomic mass is 9.74. The topological polar surface area (TPSA) is 279 Å². The molecule has 3 aliphatic heterocycles. The van der Waals surface area contributed by atoms with E-state index in [2.05, 4.69) is 16.0 Å². The Bertz CT molecular complexity index is 3160. The first kappa shape index (κ1) is 88.7. The fourth-order valence-electron chi connectivity index (χ4n) is 16.4. The molecule has 107 heavy (non-hydrogen) atoms. The number of hydrogen-bond donors (Lipinski definition) is 3. The molecule has 6 aliphatic rings. The summed E-state index contributed by atoms with van der Waals surface area (Å²) >= 11 is 0. The molecule has 1 spiro atoms. The SMILES string of the molecule is CCC[C@H]1C(=O)N[C@@H]([C@@H](C)CC)C(=O)N(C)CC(=O)N(C)[C@H]2C/C=C\CCN(C2=O)[C@@H](CC2CCC(C(F)(F)F)CC2)C(=O)N(C)CC(=O)N[C@@H](CCC2CC(F)C(C(F)(F)F)C(F)C2)C(=O)N2C[C@H](OCC)C[C@H]2C(=O)NC2(CCC2)C(=O)N(C)[C@@H](C(CC)CC)C(=O)N(C)[C@H](C(=O)N(C)C)CC(=O)N1C. The van der Waals surface area contributed by atoms with E-state index in [9.17, 15) is 55.1 Å². The van der Waals surface area contributed by atoms with Crippen LogP contribution in [0.1, 0.15) is 176 Å². The zero-order valence-corrected chi connectivity index (χ0v) is 64.7. The molecule has 33 heteroatoms. The van der Waals surface area contributed by atoms with Gasteiger partial charge in [0.05, 0.1) is 31.5 Å². The molecule has 6 rings (SSSR count). The minimum absolute atomic E-state index is 0.00627. The Labute approximate surface area is 624 Å². The molecule has 12 amide bonds. The number of ether oxygens (including phenoxy) is 1. The highest BCUT2D eigenvalue weighted by Crippen LogP contribution is 2.45. The molecule has 0 aromatic heterocycles. The number of nitrogens with zero attached hydrogens (tertiary/aromatic N) is 9. The Hall–Kier alpha value is -7.22. The van der Waals surface area contributed by atoms with Crippen LogP contribution in [0.2, 0.25) is 0 Å². The molecular weight excluding hydrogens is 1420 g/mol. The maximum absolute atomic E-state index is 15.5. The zero-order chi connectivity index (χ0) is 80.1. The average Bonchev–Trinajstić information content (AvgIpc) is 1.70. The monoisotopic (exact) mass is 1530 g/mol. The molecule has 2 unspecified atom stereocenters. The summed E-state index contributed by atoms with van der Waals surface area (Å²) in [5.41, 5.74) is -1.71. The number of nitrogens with one attached hydrogen (secondary N) is 3. The second-order valence-corrected chi connectivity index (χ2v) is 30.8. The highest BCUT2D eigenvalue weighted by molar-refractivity contribution is 6.01. The second-order valence-electron chi connectivity index (χ2n) is 30.8. The van der Waals surface area contributed by atoms with Crippen LogP contribution in [0.4, 0.5) is 35.1 Å². The van der Waals surface area contributed by atoms with Crippen molar-refractivity contribution in [3.63, 3.8) is 0 Å². The van der Waals surface area contributed by atoms with Crippen LogP contribution in [0.5, 0.6) is 0 Å². The fraction of sp³-hybridized carbons (Fsp3) is 0.811. The third kappa shape index (κ3) is 21.6. The van der Waals surface area contributed by atoms with Crippen LogP contribution in [0.15, 0.2) is 12.2 Å². The van der Waals surface area contributed by atoms with E-state index in [1.165, 1.54) is 71.1 Å². The Balaban J connectivity index is 1.48. The van der Waals surface area contributed by atoms with Gasteiger partial charge in [0.25, 0.3) is 0 Å². The Morgan fingerprint density at radius 2 is 1.25 bits per heavy atom. The van der Waals surface area contributed by atoms with Crippen molar-refractivity contribution in [1.82, 2.24) is 60.0 Å². The summed E-state index contributed by atoms with van der Waals surface area (Å²) in [6, 6.07) is -11.5. The van der Waals surface area contributed by atoms with E-state index < -0.39 is 230 Å². The highest BCUT2D eigenvalue weighted by atomic mass is 19.4. The number of fused-ring (bicyclic) bond motifs is 3. The van der Waals surface area contributed by atoms with Gasteiger partial charge in [0.15, 0.2) is 0 Å². The first-order valence-electron chi connectivity index (χ1n) is 38.1. The van der Waals surface area contributed by atoms with E-state index in [1.54, 1.807) is 53.7 Å². The molecular formula is C74H116F8N12O13. The summed E-state index contributed by atoms with van der Waals surface area (Å²) in [5, 5.41) is 8.35. The third-order valence-corrected chi connectivity index (χ3v) is 23.4. The minimum atomic E-state index is -5.22. The summed E-state index contributed by atoms with van der Waals surface area (Å²) in [4.78, 5) is 190. The third-order valence-electron chi connectivity index (χ3n) is 23.4. The number of amides is 12. The Morgan fingerprint density at radius 3 is 1.79 bits per heavy atom. The average molecular weight is 1530 g/mol. The molecule has 2 bridgehead atoms. The van der Waals surface area contributed by atoms with Gasteiger partial charge in [-0.1, -0.05) is 72.5 Å². The van der Waals surface area contributed by atoms with Crippen molar-refractivity contribution in [2.45, 2.75) is 261 Å². The van der Waals surface area contributed by atoms with Crippen molar-refractivity contribution in [3.8, 4) is 0 Å². The van der Waals surface area contributed by atoms with E-state index in [4.69, 9.17) is 4.74 Å². The lowest BCUT2D eigenvalue weighted by molar-refractivity contribution is -0.219. The number of halogens is 8. The molecule has 3 heterocycles. The molecule has 12 atom stereocenters. The van der Waals surface area contributed by atoms with Gasteiger partial charge in [-0.2, -0.15) is 26.3 Å². The normalized spacial score (nSPS) is 31.2. The summed E-state index contributed by atoms with van der Waals surface area (Å²) in [5.74, 6) is -17.0. The van der Waals surface area contributed by atoms with Gasteiger partial charge in [0, 0.05) is 82.5 Å². The number of hydrogen-bond acceptors (Lipinski definition) is 13. The summed E-state index contributed by atoms with van der Waals surface area (Å²) in [6.07, 6.45) is -14.6. The van der Waals surface area contributed by atoms with Crippen molar-refractivity contribution in [3.05, 3.63) is 12.2 Å². The van der Waals surface area contributed by atoms with Crippen LogP contribution in [0.3, 0.4) is 0 Å². The smallest absolute Gasteiger partial charge is 0.377 e. The molecule has 25 nitrogen and oxygen atoms in total. The van der Waals surface area contributed by atoms with Gasteiger partial charge in [-0.05, 0) is 127 Å². The summed E-state index contributed by atoms with van der Waals surface area (Å²) in [6.45, 7) is 8.57. The standard InChI is InChI=1S/C74H116F8N12O13/c1-15-24-52-63(98)84-61(43(6)16-2)69(104)88(10)42-59(97)90(12)53-25-21-20-22-34-93(68(53)103)56(37-44-26-29-47(30-27-44)73(77,78)79)67(102)87(9)41-57(95)83-51(31-28-45-35-49(75)60(50(76)36-45)74(80,81)82)65(100)94-40-48(107-19-5)38-54(94)64(99)85-72(32-23-33-72)71(106)92(14)62(46(17-3)18-4)70(105)91(13)55(66(101)86(7)8)39-58(96)89(52)11/h20-21,43-56,60-62H,15-19,22-42H2,1-14H3,(H,83,95)(H,84,98)(H,85,99)/b21-20-/t43-,44?,45?,47?,48+,49?,50?,51-,52-,53-,54-,55-,56-,60?,61-,62-/m0/s1. The maximum Gasteiger partial charge on any atom is 0.397 e. The van der Waals surface area contributed by atoms with Gasteiger partial charge in [-0.15, -0.1) is 0 Å². The molecule has 606 valence electrons. The molecule has 5 fully saturated rings. The Kier molecular flexibility index (Phi) is 31.8. The largest absolute Gasteiger partial charge is 0.397 e. The fourth-order valence-corrected chi connectivity index (χ4v) is 16.4. The molecule has 0 radical (unpaired) electrons. The minimum Gasteiger partial charge on any atom is -0.377 e. The van der Waals surface area contributed by atoms with E-state index in [1.807, 2.05) is 0 Å². The van der Waals surface area contributed by atoms with Gasteiger partial charge in [-0.25, -0.2) is 8.78 Å². The summed E-state index contributed by atoms with van der Waals surface area (Å²) < 4.78 is 121. The lowest BCUT2D eigenvalue weighted by Crippen LogP contribution is -2.68. The van der Waals surface area contributed by atoms with E-state index in [0.29, 0.717) is 32.1 Å². The second kappa shape index (κ2) is 38.4. The quantitative estimate of drug-likeness (QED) is 0.119. The van der Waals surface area contributed by atoms with Crippen molar-refractivity contribution in [2.24, 2.45) is 35.5 Å². The Morgan fingerprint density at radius 1 is 0.636 bits per heavy atom. The maximum atomic E-state index is 15.5. The van der Waals surface area contributed by atoms with Crippen molar-refractivity contribution >= 4 is 70.9 Å². The molecule has 3 aliphatic carbocycles. The van der Waals surface area contributed by atoms with Gasteiger partial charge in [0.1, 0.15) is 72.1 Å². The van der Waals surface area contributed by atoms with Crippen LogP contribution in [-0.4, -0.2) is 289 Å². The van der Waals surface area contributed by atoms with Gasteiger partial charge in [-0.3, -0.25) is 57.5 Å². The van der Waals surface area contributed by atoms with Gasteiger partial charge < -0.3 is 64.8 Å². The predicted molar refractivity (Wildman–Crippen MR) is 379 cm³/mol. The molecule has 3 saturated carbocycles. The van der Waals surface area contributed by atoms with Gasteiger partial charge in [0.2, 0.25) is 70.9 Å². The lowest BCUT2D eigenvalue weighted by Gasteiger charge is -2.47. The number of alkyl halides is 8. The molecule has 2 saturated heterocycles. The first-order valence-corrected chi connectivity index (χ1v) is 38.1. The first-order chi connectivity index (χ1) is 50.1. The van der Waals surface area contributed by atoms with E-state index >= 15 is 37.5 Å². The van der Waals surface area contributed by atoms with Crippen LogP contribution in [0, 0.1) is 35.5 Å². The molecule has 0 aromatic carbocycles. The number of carbonyl (C=O) groups is 12. The summed E-state index contributed by atoms with van der Waals surface area (Å²) in [7, 11) is 10.8. The van der Waals surface area contributed by atoms with E-state index in [0.717, 1.165) is 29.4 Å². The number of rotatable bonds is 15. The zero-order valence-electron chi connectivity index (χ0n) is 64.7. The van der Waals surface area contributed by atoms with Crippen molar-refractivity contribution in [2.75, 3.05) is 89.2 Å². The van der Waals surface area contributed by atoms with Crippen molar-refractivity contribution in [1.29, 1.82) is 0 Å². The van der Waals surface area contributed by atoms with Gasteiger partial charge >= 0.3 is 12.4 Å². The number of likely N-dealkylation sites (N-methyl/N-ethyl adjacent to an activating group) is 7. The van der Waals surface area contributed by atoms with Crippen LogP contribution in [0.25, 0.3) is 0 Å². The number of carbonyl (C=O) groups excluding carboxylic acids is 12. The molecule has 0 aromatic rings. The predicted octanol–water partition coefficient (Wildman–Crippen LogP) is 6.35. The van der Waals surface area contributed by atoms with Crippen LogP contribution in [-0.2, 0) is 62.3 Å². The van der Waals surface area contributed by atoms with Crippen LogP contribution >= 0.6 is 0 Å². The highest BCUT2D eigenvalue weighted by Gasteiger charge is 2.56. The van der Waals surface area contributed by atoms with E-state index in [-0.39, 0.29) is 96.7 Å². The van der Waals surface area contributed by atoms with Crippen LogP contribution < -0.4 is 16.0 Å².